The molecule has 0 saturated heterocycles. The minimum absolute atomic E-state index is 0.286. The smallest absolute Gasteiger partial charge is 0.335 e. The third-order valence-electron chi connectivity index (χ3n) is 2.26. The van der Waals surface area contributed by atoms with E-state index in [-0.39, 0.29) is 5.56 Å². The minimum Gasteiger partial charge on any atom is -0.478 e. The summed E-state index contributed by atoms with van der Waals surface area (Å²) in [6, 6.07) is 4.92. The molecule has 2 aromatic rings. The number of carboxylic acids is 1. The molecule has 0 saturated carbocycles. The lowest BCUT2D eigenvalue weighted by molar-refractivity contribution is 0.0697. The van der Waals surface area contributed by atoms with Crippen molar-refractivity contribution < 1.29 is 9.90 Å². The van der Waals surface area contributed by atoms with Crippen LogP contribution in [0.4, 0.5) is 0 Å². The normalized spacial score (nSPS) is 10.7. The molecule has 4 nitrogen and oxygen atoms in total. The molecule has 1 aromatic carbocycles. The Bertz CT molecular complexity index is 502. The van der Waals surface area contributed by atoms with E-state index in [2.05, 4.69) is 16.9 Å². The zero-order valence-electron chi connectivity index (χ0n) is 8.45. The first kappa shape index (κ1) is 9.71. The Kier molecular flexibility index (Phi) is 2.41. The zero-order chi connectivity index (χ0) is 10.8. The van der Waals surface area contributed by atoms with E-state index in [1.165, 1.54) is 0 Å². The molecule has 0 bridgehead atoms. The molecular formula is C11H12N2O2. The number of rotatable bonds is 3. The van der Waals surface area contributed by atoms with Crippen LogP contribution < -0.4 is 0 Å². The summed E-state index contributed by atoms with van der Waals surface area (Å²) in [4.78, 5) is 18.2. The van der Waals surface area contributed by atoms with Crippen LogP contribution >= 0.6 is 0 Å². The summed E-state index contributed by atoms with van der Waals surface area (Å²) in [5, 5.41) is 8.82. The molecule has 1 aromatic heterocycles. The van der Waals surface area contributed by atoms with Gasteiger partial charge in [0.25, 0.3) is 0 Å². The number of aromatic carboxylic acids is 1. The van der Waals surface area contributed by atoms with Gasteiger partial charge in [-0.15, -0.1) is 0 Å². The van der Waals surface area contributed by atoms with Gasteiger partial charge in [0.2, 0.25) is 0 Å². The van der Waals surface area contributed by atoms with Gasteiger partial charge in [-0.3, -0.25) is 0 Å². The summed E-state index contributed by atoms with van der Waals surface area (Å²) in [7, 11) is 0. The summed E-state index contributed by atoms with van der Waals surface area (Å²) in [5.41, 5.74) is 1.90. The Morgan fingerprint density at radius 2 is 2.33 bits per heavy atom. The van der Waals surface area contributed by atoms with Gasteiger partial charge in [0, 0.05) is 6.42 Å². The first-order valence-corrected chi connectivity index (χ1v) is 4.92. The number of H-pyrrole nitrogens is 1. The largest absolute Gasteiger partial charge is 0.478 e. The van der Waals surface area contributed by atoms with Crippen LogP contribution in [0.25, 0.3) is 11.0 Å². The molecule has 0 fully saturated rings. The SMILES string of the molecule is CCCc1nc2ccc(C(=O)O)cc2[nH]1. The zero-order valence-corrected chi connectivity index (χ0v) is 8.45. The highest BCUT2D eigenvalue weighted by Gasteiger charge is 2.06. The van der Waals surface area contributed by atoms with E-state index in [0.717, 1.165) is 29.7 Å². The van der Waals surface area contributed by atoms with E-state index >= 15 is 0 Å². The van der Waals surface area contributed by atoms with Crippen LogP contribution in [0.5, 0.6) is 0 Å². The third-order valence-corrected chi connectivity index (χ3v) is 2.26. The fraction of sp³-hybridized carbons (Fsp3) is 0.273. The maximum atomic E-state index is 10.7. The summed E-state index contributed by atoms with van der Waals surface area (Å²) in [6.07, 6.45) is 1.91. The molecule has 0 unspecified atom stereocenters. The van der Waals surface area contributed by atoms with Crippen molar-refractivity contribution in [3.63, 3.8) is 0 Å². The molecule has 0 aliphatic rings. The minimum atomic E-state index is -0.913. The van der Waals surface area contributed by atoms with E-state index in [4.69, 9.17) is 5.11 Å². The Morgan fingerprint density at radius 3 is 3.00 bits per heavy atom. The van der Waals surface area contributed by atoms with Gasteiger partial charge < -0.3 is 10.1 Å². The van der Waals surface area contributed by atoms with Gasteiger partial charge in [-0.25, -0.2) is 9.78 Å². The van der Waals surface area contributed by atoms with Crippen LogP contribution in [0.15, 0.2) is 18.2 Å². The van der Waals surface area contributed by atoms with E-state index in [1.807, 2.05) is 0 Å². The van der Waals surface area contributed by atoms with Gasteiger partial charge in [0.05, 0.1) is 16.6 Å². The number of carboxylic acid groups (broad SMARTS) is 1. The first-order valence-electron chi connectivity index (χ1n) is 4.92. The fourth-order valence-corrected chi connectivity index (χ4v) is 1.55. The van der Waals surface area contributed by atoms with Crippen molar-refractivity contribution in [2.45, 2.75) is 19.8 Å². The number of aryl methyl sites for hydroxylation is 1. The molecule has 2 rings (SSSR count). The summed E-state index contributed by atoms with van der Waals surface area (Å²) in [6.45, 7) is 2.08. The number of aromatic nitrogens is 2. The second-order valence-corrected chi connectivity index (χ2v) is 3.47. The molecule has 0 spiro atoms. The molecule has 0 aliphatic carbocycles. The number of benzene rings is 1. The van der Waals surface area contributed by atoms with E-state index in [0.29, 0.717) is 0 Å². The average molecular weight is 204 g/mol. The molecule has 1 heterocycles. The van der Waals surface area contributed by atoms with Gasteiger partial charge >= 0.3 is 5.97 Å². The quantitative estimate of drug-likeness (QED) is 0.805. The van der Waals surface area contributed by atoms with Crippen LogP contribution in [-0.4, -0.2) is 21.0 Å². The van der Waals surface area contributed by atoms with E-state index in [9.17, 15) is 4.79 Å². The average Bonchev–Trinajstić information content (AvgIpc) is 2.59. The number of hydrogen-bond donors (Lipinski definition) is 2. The summed E-state index contributed by atoms with van der Waals surface area (Å²) >= 11 is 0. The Morgan fingerprint density at radius 1 is 1.53 bits per heavy atom. The lowest BCUT2D eigenvalue weighted by Crippen LogP contribution is -1.94. The van der Waals surface area contributed by atoms with Crippen LogP contribution in [0, 0.1) is 0 Å². The van der Waals surface area contributed by atoms with Gasteiger partial charge in [0.15, 0.2) is 0 Å². The van der Waals surface area contributed by atoms with Gasteiger partial charge in [-0.1, -0.05) is 6.92 Å². The molecular weight excluding hydrogens is 192 g/mol. The number of nitrogens with one attached hydrogen (secondary N) is 1. The Hall–Kier alpha value is -1.84. The maximum Gasteiger partial charge on any atom is 0.335 e. The number of fused-ring (bicyclic) bond motifs is 1. The second-order valence-electron chi connectivity index (χ2n) is 3.47. The maximum absolute atomic E-state index is 10.7. The summed E-state index contributed by atoms with van der Waals surface area (Å²) < 4.78 is 0. The molecule has 0 aliphatic heterocycles. The van der Waals surface area contributed by atoms with Crippen LogP contribution in [0.1, 0.15) is 29.5 Å². The molecule has 0 radical (unpaired) electrons. The monoisotopic (exact) mass is 204 g/mol. The predicted molar refractivity (Wildman–Crippen MR) is 57.0 cm³/mol. The number of carbonyl (C=O) groups is 1. The van der Waals surface area contributed by atoms with E-state index in [1.54, 1.807) is 18.2 Å². The number of hydrogen-bond acceptors (Lipinski definition) is 2. The van der Waals surface area contributed by atoms with Crippen molar-refractivity contribution in [2.24, 2.45) is 0 Å². The van der Waals surface area contributed by atoms with Crippen molar-refractivity contribution in [3.05, 3.63) is 29.6 Å². The Balaban J connectivity index is 2.47. The molecule has 0 atom stereocenters. The van der Waals surface area contributed by atoms with Crippen LogP contribution in [0.2, 0.25) is 0 Å². The topological polar surface area (TPSA) is 66.0 Å². The highest BCUT2D eigenvalue weighted by Crippen LogP contribution is 2.14. The number of nitrogens with zero attached hydrogens (tertiary/aromatic N) is 1. The second kappa shape index (κ2) is 3.73. The summed E-state index contributed by atoms with van der Waals surface area (Å²) in [5.74, 6) is -0.00131. The molecule has 0 amide bonds. The standard InChI is InChI=1S/C11H12N2O2/c1-2-3-10-12-8-5-4-7(11(14)15)6-9(8)13-10/h4-6H,2-3H2,1H3,(H,12,13)(H,14,15). The van der Waals surface area contributed by atoms with Crippen molar-refractivity contribution in [1.82, 2.24) is 9.97 Å². The number of aromatic amines is 1. The molecule has 4 heteroatoms. The fourth-order valence-electron chi connectivity index (χ4n) is 1.55. The van der Waals surface area contributed by atoms with Crippen molar-refractivity contribution >= 4 is 17.0 Å². The molecule has 15 heavy (non-hydrogen) atoms. The lowest BCUT2D eigenvalue weighted by Gasteiger charge is -1.92. The van der Waals surface area contributed by atoms with Crippen molar-refractivity contribution in [3.8, 4) is 0 Å². The molecule has 2 N–H and O–H groups in total. The third kappa shape index (κ3) is 1.83. The van der Waals surface area contributed by atoms with Gasteiger partial charge in [-0.05, 0) is 24.6 Å². The van der Waals surface area contributed by atoms with Crippen LogP contribution in [0.3, 0.4) is 0 Å². The lowest BCUT2D eigenvalue weighted by atomic mass is 10.2. The van der Waals surface area contributed by atoms with Gasteiger partial charge in [-0.2, -0.15) is 0 Å². The highest BCUT2D eigenvalue weighted by molar-refractivity contribution is 5.92. The van der Waals surface area contributed by atoms with Crippen molar-refractivity contribution in [2.75, 3.05) is 0 Å². The molecule has 78 valence electrons. The highest BCUT2D eigenvalue weighted by atomic mass is 16.4. The van der Waals surface area contributed by atoms with Crippen LogP contribution in [-0.2, 0) is 6.42 Å². The Labute approximate surface area is 87.0 Å². The van der Waals surface area contributed by atoms with Gasteiger partial charge in [0.1, 0.15) is 5.82 Å². The van der Waals surface area contributed by atoms with Crippen molar-refractivity contribution in [1.29, 1.82) is 0 Å². The van der Waals surface area contributed by atoms with E-state index < -0.39 is 5.97 Å². The first-order chi connectivity index (χ1) is 7.20. The predicted octanol–water partition coefficient (Wildman–Crippen LogP) is 2.21. The number of imidazole rings is 1.